The van der Waals surface area contributed by atoms with E-state index in [1.165, 1.54) is 18.6 Å². The minimum atomic E-state index is -2.84. The normalized spacial score (nSPS) is 13.2. The number of nitrogens with two attached hydrogens (primary N) is 1. The molecule has 1 aliphatic carbocycles. The second-order valence-electron chi connectivity index (χ2n) is 8.63. The minimum Gasteiger partial charge on any atom is -0.381 e. The maximum Gasteiger partial charge on any atom is 0.266 e. The van der Waals surface area contributed by atoms with E-state index in [9.17, 15) is 13.2 Å². The lowest BCUT2D eigenvalue weighted by Gasteiger charge is -2.20. The Morgan fingerprint density at radius 3 is 2.26 bits per heavy atom. The van der Waals surface area contributed by atoms with Crippen molar-refractivity contribution < 1.29 is 22.7 Å². The van der Waals surface area contributed by atoms with Gasteiger partial charge in [-0.15, -0.1) is 0 Å². The van der Waals surface area contributed by atoms with E-state index < -0.39 is 17.8 Å². The van der Waals surface area contributed by atoms with E-state index in [4.69, 9.17) is 26.9 Å². The molecule has 0 saturated carbocycles. The average Bonchev–Trinajstić information content (AvgIpc) is 3.37. The van der Waals surface area contributed by atoms with Gasteiger partial charge >= 0.3 is 0 Å². The molecule has 4 rings (SSSR count). The van der Waals surface area contributed by atoms with Crippen molar-refractivity contribution in [2.24, 2.45) is 11.7 Å². The van der Waals surface area contributed by atoms with Gasteiger partial charge in [-0.05, 0) is 63.8 Å². The molecular formula is C27H43ClF3N5O2. The summed E-state index contributed by atoms with van der Waals surface area (Å²) in [5, 5.41) is 6.14. The van der Waals surface area contributed by atoms with Crippen molar-refractivity contribution in [3.8, 4) is 0 Å². The lowest BCUT2D eigenvalue weighted by Crippen LogP contribution is -2.23. The number of rotatable bonds is 7. The molecule has 0 amide bonds. The van der Waals surface area contributed by atoms with Crippen LogP contribution in [-0.2, 0) is 28.9 Å². The van der Waals surface area contributed by atoms with Crippen molar-refractivity contribution in [1.29, 1.82) is 0 Å². The third-order valence-electron chi connectivity index (χ3n) is 5.29. The van der Waals surface area contributed by atoms with Crippen LogP contribution >= 0.6 is 11.6 Å². The SMILES string of the molecule is C=O.CC1COC1.CCCN.CCCNC.Fc1c(CNc2nc(Cl)nc3c2CCC3)cccc1C(F)F. The molecule has 2 heterocycles. The molecule has 2 aromatic rings. The number of carbonyl (C=O) groups is 1. The third kappa shape index (κ3) is 13.5. The van der Waals surface area contributed by atoms with E-state index in [0.717, 1.165) is 75.2 Å². The van der Waals surface area contributed by atoms with Gasteiger partial charge in [-0.3, -0.25) is 0 Å². The lowest BCUT2D eigenvalue weighted by atomic mass is 10.1. The van der Waals surface area contributed by atoms with E-state index in [1.54, 1.807) is 0 Å². The molecule has 38 heavy (non-hydrogen) atoms. The summed E-state index contributed by atoms with van der Waals surface area (Å²) in [5.74, 6) is 0.506. The van der Waals surface area contributed by atoms with Gasteiger partial charge in [-0.2, -0.15) is 0 Å². The molecule has 0 radical (unpaired) electrons. The van der Waals surface area contributed by atoms with Crippen molar-refractivity contribution >= 4 is 24.2 Å². The Kier molecular flexibility index (Phi) is 20.3. The van der Waals surface area contributed by atoms with Crippen molar-refractivity contribution in [3.05, 3.63) is 51.7 Å². The van der Waals surface area contributed by atoms with Gasteiger partial charge in [0.2, 0.25) is 5.28 Å². The molecule has 0 atom stereocenters. The largest absolute Gasteiger partial charge is 0.381 e. The van der Waals surface area contributed by atoms with Crippen LogP contribution in [0.4, 0.5) is 19.0 Å². The van der Waals surface area contributed by atoms with Crippen LogP contribution < -0.4 is 16.4 Å². The molecule has 1 aliphatic heterocycles. The number of ether oxygens (including phenoxy) is 1. The molecule has 216 valence electrons. The van der Waals surface area contributed by atoms with Crippen molar-refractivity contribution in [2.75, 3.05) is 38.7 Å². The molecule has 0 spiro atoms. The van der Waals surface area contributed by atoms with Gasteiger partial charge in [0.15, 0.2) is 0 Å². The number of carbonyl (C=O) groups excluding carboxylic acids is 1. The van der Waals surface area contributed by atoms with E-state index >= 15 is 0 Å². The first kappa shape index (κ1) is 35.7. The Labute approximate surface area is 230 Å². The Balaban J connectivity index is 0.000000699. The zero-order valence-corrected chi connectivity index (χ0v) is 23.7. The number of nitrogens with zero attached hydrogens (tertiary/aromatic N) is 2. The first-order valence-corrected chi connectivity index (χ1v) is 13.2. The van der Waals surface area contributed by atoms with Gasteiger partial charge in [-0.25, -0.2) is 23.1 Å². The van der Waals surface area contributed by atoms with Gasteiger partial charge in [0.1, 0.15) is 18.4 Å². The van der Waals surface area contributed by atoms with Crippen LogP contribution in [0.1, 0.15) is 68.8 Å². The first-order chi connectivity index (χ1) is 18.3. The molecule has 1 fully saturated rings. The fourth-order valence-corrected chi connectivity index (χ4v) is 3.42. The molecule has 2 aliphatic rings. The van der Waals surface area contributed by atoms with Crippen LogP contribution in [0.15, 0.2) is 18.2 Å². The van der Waals surface area contributed by atoms with E-state index in [1.807, 2.05) is 13.8 Å². The van der Waals surface area contributed by atoms with Crippen molar-refractivity contribution in [2.45, 2.75) is 65.8 Å². The molecule has 11 heteroatoms. The lowest BCUT2D eigenvalue weighted by molar-refractivity contribution is -0.0980. The standard InChI is InChI=1S/C15H13ClF3N3.C4H11N.C4H8O.C3H9N.CH2O/c16-15-21-11-6-2-4-9(11)14(22-15)20-7-8-3-1-5-10(12(8)17)13(18)19;1-3-4-5-2;1-4-2-5-3-4;1-2-3-4;1-2/h1,3,5,13H,2,4,6-7H2,(H,20,21,22);5H,3-4H2,1-2H3;4H,2-3H2,1H3;2-4H2,1H3;1H2. The van der Waals surface area contributed by atoms with Crippen LogP contribution in [0.3, 0.4) is 0 Å². The summed E-state index contributed by atoms with van der Waals surface area (Å²) in [4.78, 5) is 16.3. The molecule has 0 unspecified atom stereocenters. The second kappa shape index (κ2) is 21.6. The van der Waals surface area contributed by atoms with Crippen molar-refractivity contribution in [1.82, 2.24) is 15.3 Å². The highest BCUT2D eigenvalue weighted by atomic mass is 35.5. The summed E-state index contributed by atoms with van der Waals surface area (Å²) in [6.45, 7) is 12.4. The fraction of sp³-hybridized carbons (Fsp3) is 0.593. The van der Waals surface area contributed by atoms with Gasteiger partial charge < -0.3 is 25.9 Å². The molecule has 7 nitrogen and oxygen atoms in total. The van der Waals surface area contributed by atoms with E-state index in [0.29, 0.717) is 5.82 Å². The Hall–Kier alpha value is -2.27. The van der Waals surface area contributed by atoms with Gasteiger partial charge in [0, 0.05) is 23.6 Å². The Morgan fingerprint density at radius 2 is 1.82 bits per heavy atom. The number of aryl methyl sites for hydroxylation is 1. The number of nitrogens with one attached hydrogen (secondary N) is 2. The number of benzene rings is 1. The molecule has 1 saturated heterocycles. The molecule has 0 bridgehead atoms. The minimum absolute atomic E-state index is 0.0617. The fourth-order valence-electron chi connectivity index (χ4n) is 3.24. The van der Waals surface area contributed by atoms with Crippen molar-refractivity contribution in [3.63, 3.8) is 0 Å². The Morgan fingerprint density at radius 1 is 1.18 bits per heavy atom. The summed E-state index contributed by atoms with van der Waals surface area (Å²) < 4.78 is 44.2. The first-order valence-electron chi connectivity index (χ1n) is 12.8. The number of fused-ring (bicyclic) bond motifs is 1. The summed E-state index contributed by atoms with van der Waals surface area (Å²) in [6.07, 6.45) is 2.12. The highest BCUT2D eigenvalue weighted by molar-refractivity contribution is 6.28. The van der Waals surface area contributed by atoms with Crippen LogP contribution in [0.2, 0.25) is 5.28 Å². The predicted octanol–water partition coefficient (Wildman–Crippen LogP) is 5.75. The zero-order valence-electron chi connectivity index (χ0n) is 23.0. The smallest absolute Gasteiger partial charge is 0.266 e. The maximum atomic E-state index is 14.0. The second-order valence-corrected chi connectivity index (χ2v) is 8.97. The van der Waals surface area contributed by atoms with E-state index in [-0.39, 0.29) is 17.4 Å². The topological polar surface area (TPSA) is 102 Å². The summed E-state index contributed by atoms with van der Waals surface area (Å²) in [6, 6.07) is 3.97. The zero-order chi connectivity index (χ0) is 28.9. The number of anilines is 1. The number of alkyl halides is 2. The van der Waals surface area contributed by atoms with Crippen LogP contribution in [0.25, 0.3) is 0 Å². The average molecular weight is 562 g/mol. The molecule has 1 aromatic carbocycles. The monoisotopic (exact) mass is 561 g/mol. The van der Waals surface area contributed by atoms with Crippen LogP contribution in [-0.4, -0.2) is 50.1 Å². The molecule has 4 N–H and O–H groups in total. The van der Waals surface area contributed by atoms with Gasteiger partial charge in [0.05, 0.1) is 24.5 Å². The highest BCUT2D eigenvalue weighted by Crippen LogP contribution is 2.29. The quantitative estimate of drug-likeness (QED) is 0.370. The third-order valence-corrected chi connectivity index (χ3v) is 5.46. The molecule has 1 aromatic heterocycles. The van der Waals surface area contributed by atoms with Gasteiger partial charge in [0.25, 0.3) is 6.43 Å². The number of aromatic nitrogens is 2. The Bertz CT molecular complexity index is 901. The number of halogens is 4. The summed E-state index contributed by atoms with van der Waals surface area (Å²) in [7, 11) is 1.96. The van der Waals surface area contributed by atoms with E-state index in [2.05, 4.69) is 41.4 Å². The highest BCUT2D eigenvalue weighted by Gasteiger charge is 2.20. The predicted molar refractivity (Wildman–Crippen MR) is 148 cm³/mol. The molecular weight excluding hydrogens is 519 g/mol. The van der Waals surface area contributed by atoms with Crippen LogP contribution in [0, 0.1) is 11.7 Å². The van der Waals surface area contributed by atoms with Gasteiger partial charge in [-0.1, -0.05) is 39.0 Å². The summed E-state index contributed by atoms with van der Waals surface area (Å²) >= 11 is 5.87. The maximum absolute atomic E-state index is 14.0. The van der Waals surface area contributed by atoms with Crippen LogP contribution in [0.5, 0.6) is 0 Å². The number of hydrogen-bond acceptors (Lipinski definition) is 7. The number of hydrogen-bond donors (Lipinski definition) is 3. The summed E-state index contributed by atoms with van der Waals surface area (Å²) in [5.41, 5.74) is 6.46.